The Labute approximate surface area is 190 Å². The summed E-state index contributed by atoms with van der Waals surface area (Å²) >= 11 is 0. The molecule has 6 rings (SSSR count). The third kappa shape index (κ3) is 3.37. The van der Waals surface area contributed by atoms with Crippen molar-refractivity contribution in [1.29, 1.82) is 0 Å². The average Bonchev–Trinajstić information content (AvgIpc) is 3.26. The predicted octanol–water partition coefficient (Wildman–Crippen LogP) is 8.48. The molecule has 0 bridgehead atoms. The summed E-state index contributed by atoms with van der Waals surface area (Å²) in [4.78, 5) is 4.88. The summed E-state index contributed by atoms with van der Waals surface area (Å²) in [5.74, 6) is 2.80. The van der Waals surface area contributed by atoms with Crippen molar-refractivity contribution in [3.63, 3.8) is 0 Å². The van der Waals surface area contributed by atoms with Crippen molar-refractivity contribution < 1.29 is 4.74 Å². The number of nitrogens with zero attached hydrogens (tertiary/aromatic N) is 1. The lowest BCUT2D eigenvalue weighted by atomic mass is 9.83. The van der Waals surface area contributed by atoms with E-state index in [1.807, 2.05) is 6.20 Å². The second-order valence-electron chi connectivity index (χ2n) is 11.0. The molecule has 2 aliphatic rings. The van der Waals surface area contributed by atoms with Crippen molar-refractivity contribution in [2.45, 2.75) is 59.3 Å². The van der Waals surface area contributed by atoms with Crippen molar-refractivity contribution in [1.82, 2.24) is 4.98 Å². The van der Waals surface area contributed by atoms with Gasteiger partial charge in [-0.3, -0.25) is 4.98 Å². The molecule has 2 heterocycles. The van der Waals surface area contributed by atoms with E-state index in [0.29, 0.717) is 0 Å². The van der Waals surface area contributed by atoms with Crippen LogP contribution in [0.3, 0.4) is 0 Å². The standard InChI is InChI=1S/C30H31NO/c1-30(2,3)18-25-23-11-7-6-10-21(23)17-24-28-27-22(12-13-31-28)15-20(14-19-8-4-5-9-19)16-26(27)32-29(24)25/h6-7,10-13,15-17,19H,4-5,8-9,14,18H2,1-3H3. The summed E-state index contributed by atoms with van der Waals surface area (Å²) in [5.41, 5.74) is 5.05. The molecule has 0 N–H and O–H groups in total. The largest absolute Gasteiger partial charge is 0.456 e. The van der Waals surface area contributed by atoms with Gasteiger partial charge in [0, 0.05) is 17.3 Å². The summed E-state index contributed by atoms with van der Waals surface area (Å²) < 4.78 is 6.80. The zero-order valence-electron chi connectivity index (χ0n) is 19.4. The molecule has 0 spiro atoms. The Morgan fingerprint density at radius 2 is 1.78 bits per heavy atom. The van der Waals surface area contributed by atoms with Gasteiger partial charge in [-0.15, -0.1) is 0 Å². The van der Waals surface area contributed by atoms with E-state index < -0.39 is 0 Å². The van der Waals surface area contributed by atoms with Gasteiger partial charge in [0.1, 0.15) is 11.5 Å². The molecular formula is C30H31NO. The lowest BCUT2D eigenvalue weighted by Gasteiger charge is -2.28. The van der Waals surface area contributed by atoms with Crippen LogP contribution in [0, 0.1) is 11.3 Å². The Balaban J connectivity index is 1.57. The molecule has 2 heteroatoms. The summed E-state index contributed by atoms with van der Waals surface area (Å²) in [6.45, 7) is 6.91. The molecule has 162 valence electrons. The number of hydrogen-bond donors (Lipinski definition) is 0. The minimum absolute atomic E-state index is 0.158. The highest BCUT2D eigenvalue weighted by atomic mass is 16.5. The first-order chi connectivity index (χ1) is 15.5. The Hall–Kier alpha value is -2.87. The number of ether oxygens (including phenoxy) is 1. The van der Waals surface area contributed by atoms with Crippen LogP contribution in [0.1, 0.15) is 57.6 Å². The Kier molecular flexibility index (Phi) is 4.54. The SMILES string of the molecule is CC(C)(C)Cc1c2c(cc3ccccc13)-c1nccc3cc(CC4CCCC4)cc(c13)O2. The molecule has 0 atom stereocenters. The fraction of sp³-hybridized carbons (Fsp3) is 0.367. The van der Waals surface area contributed by atoms with Crippen molar-refractivity contribution >= 4 is 21.5 Å². The fourth-order valence-electron chi connectivity index (χ4n) is 5.80. The first-order valence-electron chi connectivity index (χ1n) is 12.1. The number of fused-ring (bicyclic) bond motifs is 3. The van der Waals surface area contributed by atoms with E-state index in [2.05, 4.69) is 69.3 Å². The van der Waals surface area contributed by atoms with Crippen LogP contribution in [0.5, 0.6) is 11.5 Å². The Morgan fingerprint density at radius 1 is 0.969 bits per heavy atom. The first kappa shape index (κ1) is 19.8. The summed E-state index contributed by atoms with van der Waals surface area (Å²) in [7, 11) is 0. The number of benzene rings is 3. The van der Waals surface area contributed by atoms with Gasteiger partial charge in [-0.2, -0.15) is 0 Å². The summed E-state index contributed by atoms with van der Waals surface area (Å²) in [6, 6.07) is 17.8. The highest BCUT2D eigenvalue weighted by Crippen LogP contribution is 2.50. The molecule has 1 aliphatic heterocycles. The van der Waals surface area contributed by atoms with Gasteiger partial charge in [-0.05, 0) is 64.1 Å². The van der Waals surface area contributed by atoms with Gasteiger partial charge in [0.05, 0.1) is 11.1 Å². The van der Waals surface area contributed by atoms with Crippen molar-refractivity contribution in [2.75, 3.05) is 0 Å². The monoisotopic (exact) mass is 421 g/mol. The second-order valence-corrected chi connectivity index (χ2v) is 11.0. The van der Waals surface area contributed by atoms with Crippen LogP contribution in [0.4, 0.5) is 0 Å². The first-order valence-corrected chi connectivity index (χ1v) is 12.1. The minimum atomic E-state index is 0.158. The van der Waals surface area contributed by atoms with Crippen LogP contribution in [-0.4, -0.2) is 4.98 Å². The maximum absolute atomic E-state index is 6.80. The number of aromatic nitrogens is 1. The highest BCUT2D eigenvalue weighted by molar-refractivity contribution is 6.06. The molecule has 0 radical (unpaired) electrons. The van der Waals surface area contributed by atoms with E-state index in [1.165, 1.54) is 53.0 Å². The molecule has 1 aliphatic carbocycles. The molecule has 4 aromatic rings. The molecule has 0 saturated heterocycles. The zero-order chi connectivity index (χ0) is 21.9. The summed E-state index contributed by atoms with van der Waals surface area (Å²) in [5, 5.41) is 4.96. The van der Waals surface area contributed by atoms with Gasteiger partial charge < -0.3 is 4.74 Å². The van der Waals surface area contributed by atoms with Crippen LogP contribution < -0.4 is 4.74 Å². The summed E-state index contributed by atoms with van der Waals surface area (Å²) in [6.07, 6.45) is 9.57. The lowest BCUT2D eigenvalue weighted by Crippen LogP contribution is -2.12. The van der Waals surface area contributed by atoms with E-state index in [9.17, 15) is 0 Å². The minimum Gasteiger partial charge on any atom is -0.456 e. The number of rotatable bonds is 3. The van der Waals surface area contributed by atoms with Crippen LogP contribution in [0.2, 0.25) is 0 Å². The van der Waals surface area contributed by atoms with E-state index >= 15 is 0 Å². The highest BCUT2D eigenvalue weighted by Gasteiger charge is 2.28. The lowest BCUT2D eigenvalue weighted by molar-refractivity contribution is 0.400. The third-order valence-corrected chi connectivity index (χ3v) is 7.16. The van der Waals surface area contributed by atoms with Crippen LogP contribution in [0.25, 0.3) is 32.8 Å². The molecule has 3 aromatic carbocycles. The molecule has 0 amide bonds. The number of hydrogen-bond acceptors (Lipinski definition) is 2. The topological polar surface area (TPSA) is 22.1 Å². The van der Waals surface area contributed by atoms with Crippen molar-refractivity contribution in [3.05, 3.63) is 65.9 Å². The number of pyridine rings is 1. The predicted molar refractivity (Wildman–Crippen MR) is 134 cm³/mol. The molecule has 0 unspecified atom stereocenters. The van der Waals surface area contributed by atoms with Crippen molar-refractivity contribution in [3.8, 4) is 22.8 Å². The van der Waals surface area contributed by atoms with E-state index in [0.717, 1.165) is 46.9 Å². The maximum atomic E-state index is 6.80. The van der Waals surface area contributed by atoms with E-state index in [-0.39, 0.29) is 5.41 Å². The van der Waals surface area contributed by atoms with Crippen molar-refractivity contribution in [2.24, 2.45) is 11.3 Å². The van der Waals surface area contributed by atoms with Gasteiger partial charge in [0.15, 0.2) is 0 Å². The smallest absolute Gasteiger partial charge is 0.140 e. The quantitative estimate of drug-likeness (QED) is 0.291. The maximum Gasteiger partial charge on any atom is 0.140 e. The zero-order valence-corrected chi connectivity index (χ0v) is 19.4. The molecule has 2 nitrogen and oxygen atoms in total. The van der Waals surface area contributed by atoms with Gasteiger partial charge in [0.2, 0.25) is 0 Å². The van der Waals surface area contributed by atoms with Gasteiger partial charge in [-0.25, -0.2) is 0 Å². The molecule has 1 aromatic heterocycles. The van der Waals surface area contributed by atoms with Gasteiger partial charge in [0.25, 0.3) is 0 Å². The average molecular weight is 422 g/mol. The molecule has 32 heavy (non-hydrogen) atoms. The molecule has 1 fully saturated rings. The van der Waals surface area contributed by atoms with Gasteiger partial charge >= 0.3 is 0 Å². The Morgan fingerprint density at radius 3 is 2.59 bits per heavy atom. The van der Waals surface area contributed by atoms with Crippen LogP contribution in [0.15, 0.2) is 54.7 Å². The van der Waals surface area contributed by atoms with Crippen LogP contribution in [-0.2, 0) is 12.8 Å². The molecule has 1 saturated carbocycles. The Bertz CT molecular complexity index is 1340. The third-order valence-electron chi connectivity index (χ3n) is 7.16. The fourth-order valence-corrected chi connectivity index (χ4v) is 5.80. The van der Waals surface area contributed by atoms with Crippen LogP contribution >= 0.6 is 0 Å². The van der Waals surface area contributed by atoms with E-state index in [1.54, 1.807) is 0 Å². The van der Waals surface area contributed by atoms with E-state index in [4.69, 9.17) is 9.72 Å². The van der Waals surface area contributed by atoms with Gasteiger partial charge in [-0.1, -0.05) is 76.8 Å². The second kappa shape index (κ2) is 7.33. The normalized spacial score (nSPS) is 15.8. The molecular weight excluding hydrogens is 390 g/mol.